The van der Waals surface area contributed by atoms with Crippen molar-refractivity contribution >= 4 is 14.6 Å². The van der Waals surface area contributed by atoms with Crippen LogP contribution in [0.1, 0.15) is 54.0 Å². The average molecular weight is 523 g/mol. The number of aldehydes is 1. The lowest BCUT2D eigenvalue weighted by Gasteiger charge is -2.37. The smallest absolute Gasteiger partial charge is 0.192 e. The molecule has 1 aromatic carbocycles. The normalized spacial score (nSPS) is 17.2. The Bertz CT molecular complexity index is 799. The van der Waals surface area contributed by atoms with Gasteiger partial charge >= 0.3 is 0 Å². The Balaban J connectivity index is 3.03. The van der Waals surface area contributed by atoms with E-state index in [-0.39, 0.29) is 41.8 Å². The zero-order valence-corrected chi connectivity index (χ0v) is 25.4. The third-order valence-corrected chi connectivity index (χ3v) is 11.7. The van der Waals surface area contributed by atoms with Crippen LogP contribution in [0, 0.1) is 17.8 Å². The van der Waals surface area contributed by atoms with E-state index in [0.29, 0.717) is 13.2 Å². The number of ether oxygens (including phenoxy) is 4. The summed E-state index contributed by atoms with van der Waals surface area (Å²) >= 11 is 0. The maximum absolute atomic E-state index is 11.8. The van der Waals surface area contributed by atoms with Gasteiger partial charge in [-0.15, -0.1) is 0 Å². The van der Waals surface area contributed by atoms with Crippen molar-refractivity contribution in [2.75, 3.05) is 27.6 Å². The zero-order valence-electron chi connectivity index (χ0n) is 24.4. The lowest BCUT2D eigenvalue weighted by Crippen LogP contribution is -2.41. The van der Waals surface area contributed by atoms with Crippen LogP contribution in [0.25, 0.3) is 0 Å². The highest BCUT2D eigenvalue weighted by Crippen LogP contribution is 2.37. The Morgan fingerprint density at radius 1 is 1.03 bits per heavy atom. The molecule has 1 aromatic rings. The SMILES string of the molecule is COCO[C@@H](/C(C)=C/[C@H](C)CO[Si](C)(C)C(C)(C)C)[C@@H](C)[C@H](OCc1ccc(OC)cc1)[C@@H](C)C=O. The first-order valence-electron chi connectivity index (χ1n) is 12.9. The first-order valence-corrected chi connectivity index (χ1v) is 15.8. The van der Waals surface area contributed by atoms with Crippen LogP contribution in [0.5, 0.6) is 5.75 Å². The number of hydrogen-bond donors (Lipinski definition) is 0. The Labute approximate surface area is 220 Å². The number of benzene rings is 1. The molecule has 0 fully saturated rings. The molecule has 0 saturated heterocycles. The van der Waals surface area contributed by atoms with E-state index in [0.717, 1.165) is 23.2 Å². The Kier molecular flexibility index (Phi) is 13.6. The van der Waals surface area contributed by atoms with Crippen molar-refractivity contribution in [2.45, 2.75) is 85.4 Å². The summed E-state index contributed by atoms with van der Waals surface area (Å²) in [6, 6.07) is 7.76. The Hall–Kier alpha value is -1.51. The highest BCUT2D eigenvalue weighted by atomic mass is 28.4. The van der Waals surface area contributed by atoms with Gasteiger partial charge < -0.3 is 28.2 Å². The summed E-state index contributed by atoms with van der Waals surface area (Å²) in [5.41, 5.74) is 2.10. The summed E-state index contributed by atoms with van der Waals surface area (Å²) in [4.78, 5) is 11.8. The molecule has 6 nitrogen and oxygen atoms in total. The second kappa shape index (κ2) is 15.0. The molecular formula is C29H50O6Si. The quantitative estimate of drug-likeness (QED) is 0.105. The molecule has 0 unspecified atom stereocenters. The van der Waals surface area contributed by atoms with Crippen molar-refractivity contribution in [3.8, 4) is 5.75 Å². The molecular weight excluding hydrogens is 472 g/mol. The fourth-order valence-electron chi connectivity index (χ4n) is 3.93. The molecule has 0 N–H and O–H groups in total. The van der Waals surface area contributed by atoms with Crippen molar-refractivity contribution in [3.05, 3.63) is 41.5 Å². The summed E-state index contributed by atoms with van der Waals surface area (Å²) in [6.07, 6.45) is 2.59. The minimum absolute atomic E-state index is 0.0802. The molecule has 0 saturated carbocycles. The average Bonchev–Trinajstić information content (AvgIpc) is 2.82. The van der Waals surface area contributed by atoms with Gasteiger partial charge in [-0.05, 0) is 54.2 Å². The second-order valence-electron chi connectivity index (χ2n) is 11.4. The molecule has 0 amide bonds. The van der Waals surface area contributed by atoms with E-state index >= 15 is 0 Å². The number of rotatable bonds is 16. The standard InChI is InChI=1S/C29H50O6Si/c1-21(18-35-36(10,11)29(5,6)7)16-22(2)27(34-20-31-8)24(4)28(23(3)17-30)33-19-25-12-14-26(32-9)15-13-25/h12-17,21,23-24,27-28H,18-20H2,1-11H3/b22-16+/t21-,23-,24+,27-,28+/m0/s1. The molecule has 0 aliphatic rings. The van der Waals surface area contributed by atoms with E-state index in [1.165, 1.54) is 0 Å². The summed E-state index contributed by atoms with van der Waals surface area (Å²) in [6.45, 7) is 20.7. The molecule has 1 rings (SSSR count). The van der Waals surface area contributed by atoms with Gasteiger partial charge in [-0.3, -0.25) is 0 Å². The predicted molar refractivity (Wildman–Crippen MR) is 149 cm³/mol. The number of hydrogen-bond acceptors (Lipinski definition) is 6. The van der Waals surface area contributed by atoms with Gasteiger partial charge in [-0.25, -0.2) is 0 Å². The van der Waals surface area contributed by atoms with Crippen LogP contribution in [0.4, 0.5) is 0 Å². The van der Waals surface area contributed by atoms with Crippen LogP contribution in [0.2, 0.25) is 18.1 Å². The number of carbonyl (C=O) groups excluding carboxylic acids is 1. The predicted octanol–water partition coefficient (Wildman–Crippen LogP) is 6.64. The van der Waals surface area contributed by atoms with Crippen LogP contribution in [-0.4, -0.2) is 54.4 Å². The van der Waals surface area contributed by atoms with Crippen LogP contribution >= 0.6 is 0 Å². The Morgan fingerprint density at radius 2 is 1.64 bits per heavy atom. The molecule has 7 heteroatoms. The highest BCUT2D eigenvalue weighted by molar-refractivity contribution is 6.74. The van der Waals surface area contributed by atoms with Crippen LogP contribution in [0.3, 0.4) is 0 Å². The van der Waals surface area contributed by atoms with Gasteiger partial charge in [0.05, 0.1) is 25.9 Å². The summed E-state index contributed by atoms with van der Waals surface area (Å²) in [5.74, 6) is 0.648. The van der Waals surface area contributed by atoms with E-state index in [9.17, 15) is 4.79 Å². The van der Waals surface area contributed by atoms with Gasteiger partial charge in [0, 0.05) is 25.6 Å². The molecule has 0 aromatic heterocycles. The van der Waals surface area contributed by atoms with Crippen molar-refractivity contribution in [2.24, 2.45) is 17.8 Å². The van der Waals surface area contributed by atoms with Gasteiger partial charge in [0.1, 0.15) is 18.8 Å². The van der Waals surface area contributed by atoms with Gasteiger partial charge in [0.25, 0.3) is 0 Å². The molecule has 0 bridgehead atoms. The van der Waals surface area contributed by atoms with E-state index in [1.807, 2.05) is 31.2 Å². The largest absolute Gasteiger partial charge is 0.497 e. The van der Waals surface area contributed by atoms with Crippen LogP contribution in [0.15, 0.2) is 35.9 Å². The fourth-order valence-corrected chi connectivity index (χ4v) is 5.05. The third-order valence-electron chi connectivity index (χ3n) is 7.21. The molecule has 0 radical (unpaired) electrons. The van der Waals surface area contributed by atoms with E-state index < -0.39 is 8.32 Å². The molecule has 0 aliphatic carbocycles. The maximum Gasteiger partial charge on any atom is 0.192 e. The molecule has 206 valence electrons. The third kappa shape index (κ3) is 10.1. The second-order valence-corrected chi connectivity index (χ2v) is 16.2. The van der Waals surface area contributed by atoms with Crippen molar-refractivity contribution in [3.63, 3.8) is 0 Å². The number of methoxy groups -OCH3 is 2. The van der Waals surface area contributed by atoms with Crippen molar-refractivity contribution in [1.82, 2.24) is 0 Å². The lowest BCUT2D eigenvalue weighted by molar-refractivity contribution is -0.129. The van der Waals surface area contributed by atoms with Crippen molar-refractivity contribution in [1.29, 1.82) is 0 Å². The van der Waals surface area contributed by atoms with Gasteiger partial charge in [0.2, 0.25) is 0 Å². The summed E-state index contributed by atoms with van der Waals surface area (Å²) in [7, 11) is 1.43. The van der Waals surface area contributed by atoms with Crippen molar-refractivity contribution < 1.29 is 28.2 Å². The zero-order chi connectivity index (χ0) is 27.5. The summed E-state index contributed by atoms with van der Waals surface area (Å²) in [5, 5.41) is 0.170. The van der Waals surface area contributed by atoms with E-state index in [2.05, 4.69) is 60.7 Å². The van der Waals surface area contributed by atoms with Gasteiger partial charge in [0.15, 0.2) is 8.32 Å². The van der Waals surface area contributed by atoms with Gasteiger partial charge in [-0.1, -0.05) is 59.8 Å². The van der Waals surface area contributed by atoms with Crippen LogP contribution < -0.4 is 4.74 Å². The molecule has 0 spiro atoms. The van der Waals surface area contributed by atoms with E-state index in [1.54, 1.807) is 14.2 Å². The topological polar surface area (TPSA) is 63.2 Å². The molecule has 0 heterocycles. The fraction of sp³-hybridized carbons (Fsp3) is 0.690. The molecule has 36 heavy (non-hydrogen) atoms. The van der Waals surface area contributed by atoms with Gasteiger partial charge in [-0.2, -0.15) is 0 Å². The lowest BCUT2D eigenvalue weighted by atomic mass is 9.86. The van der Waals surface area contributed by atoms with Crippen LogP contribution in [-0.2, 0) is 30.0 Å². The first-order chi connectivity index (χ1) is 16.8. The first kappa shape index (κ1) is 32.5. The minimum Gasteiger partial charge on any atom is -0.497 e. The summed E-state index contributed by atoms with van der Waals surface area (Å²) < 4.78 is 29.4. The molecule has 5 atom stereocenters. The van der Waals surface area contributed by atoms with E-state index in [4.69, 9.17) is 23.4 Å². The molecule has 0 aliphatic heterocycles. The minimum atomic E-state index is -1.82. The Morgan fingerprint density at radius 3 is 2.14 bits per heavy atom. The number of carbonyl (C=O) groups is 1. The monoisotopic (exact) mass is 522 g/mol. The maximum atomic E-state index is 11.8. The highest BCUT2D eigenvalue weighted by Gasteiger charge is 2.37.